The number of rotatable bonds is 7. The van der Waals surface area contributed by atoms with E-state index in [1.54, 1.807) is 18.3 Å². The Morgan fingerprint density at radius 2 is 1.73 bits per heavy atom. The number of para-hydroxylation sites is 1. The molecule has 0 fully saturated rings. The van der Waals surface area contributed by atoms with Gasteiger partial charge in [-0.3, -0.25) is 14.9 Å². The van der Waals surface area contributed by atoms with E-state index in [2.05, 4.69) is 31.0 Å². The fourth-order valence-corrected chi connectivity index (χ4v) is 3.99. The average Bonchev–Trinajstić information content (AvgIpc) is 3.07. The number of hydrazone groups is 1. The molecule has 0 spiro atoms. The normalized spacial score (nSPS) is 11.2. The predicted molar refractivity (Wildman–Crippen MR) is 132 cm³/mol. The predicted octanol–water partition coefficient (Wildman–Crippen LogP) is 5.36. The van der Waals surface area contributed by atoms with E-state index in [4.69, 9.17) is 0 Å². The van der Waals surface area contributed by atoms with Crippen LogP contribution < -0.4 is 5.43 Å². The van der Waals surface area contributed by atoms with Gasteiger partial charge in [-0.05, 0) is 36.2 Å². The monoisotopic (exact) mass is 504 g/mol. The van der Waals surface area contributed by atoms with Crippen molar-refractivity contribution >= 4 is 44.6 Å². The number of amides is 1. The molecule has 0 aliphatic rings. The van der Waals surface area contributed by atoms with E-state index in [0.29, 0.717) is 6.54 Å². The van der Waals surface area contributed by atoms with E-state index in [1.807, 2.05) is 55.5 Å². The fourth-order valence-electron chi connectivity index (χ4n) is 3.73. The molecule has 1 N–H and O–H groups in total. The zero-order valence-corrected chi connectivity index (χ0v) is 19.5. The molecule has 0 radical (unpaired) electrons. The van der Waals surface area contributed by atoms with Gasteiger partial charge in [-0.25, -0.2) is 5.43 Å². The maximum atomic E-state index is 12.3. The molecule has 4 rings (SSSR count). The zero-order valence-electron chi connectivity index (χ0n) is 17.9. The number of nitro groups is 1. The van der Waals surface area contributed by atoms with Gasteiger partial charge in [0.2, 0.25) is 5.91 Å². The van der Waals surface area contributed by atoms with Gasteiger partial charge in [0.15, 0.2) is 0 Å². The lowest BCUT2D eigenvalue weighted by molar-refractivity contribution is -0.384. The molecule has 0 unspecified atom stereocenters. The van der Waals surface area contributed by atoms with Gasteiger partial charge in [-0.15, -0.1) is 0 Å². The van der Waals surface area contributed by atoms with Crippen molar-refractivity contribution in [2.75, 3.05) is 0 Å². The van der Waals surface area contributed by atoms with E-state index < -0.39 is 4.92 Å². The van der Waals surface area contributed by atoms with E-state index in [1.165, 1.54) is 12.1 Å². The quantitative estimate of drug-likeness (QED) is 0.208. The lowest BCUT2D eigenvalue weighted by atomic mass is 10.1. The molecular weight excluding hydrogens is 484 g/mol. The Labute approximate surface area is 199 Å². The molecule has 3 aromatic carbocycles. The average molecular weight is 505 g/mol. The number of nitro benzene ring substituents is 1. The molecule has 0 saturated carbocycles. The second-order valence-electron chi connectivity index (χ2n) is 7.62. The zero-order chi connectivity index (χ0) is 23.4. The van der Waals surface area contributed by atoms with Crippen molar-refractivity contribution in [1.82, 2.24) is 9.99 Å². The van der Waals surface area contributed by atoms with E-state index in [-0.39, 0.29) is 18.0 Å². The molecule has 1 aromatic heterocycles. The maximum absolute atomic E-state index is 12.3. The Bertz CT molecular complexity index is 1340. The largest absolute Gasteiger partial charge is 0.340 e. The summed E-state index contributed by atoms with van der Waals surface area (Å²) < 4.78 is 3.10. The second-order valence-corrected chi connectivity index (χ2v) is 8.54. The van der Waals surface area contributed by atoms with Gasteiger partial charge in [0, 0.05) is 45.3 Å². The van der Waals surface area contributed by atoms with Crippen LogP contribution in [0.1, 0.15) is 22.4 Å². The van der Waals surface area contributed by atoms with Crippen LogP contribution in [0.2, 0.25) is 0 Å². The number of hydrogen-bond donors (Lipinski definition) is 1. The van der Waals surface area contributed by atoms with Crippen LogP contribution in [0, 0.1) is 17.0 Å². The highest BCUT2D eigenvalue weighted by Crippen LogP contribution is 2.26. The topological polar surface area (TPSA) is 89.5 Å². The van der Waals surface area contributed by atoms with Crippen LogP contribution in [0.25, 0.3) is 10.9 Å². The van der Waals surface area contributed by atoms with Crippen molar-refractivity contribution in [2.45, 2.75) is 19.9 Å². The molecule has 4 aromatic rings. The molecule has 33 heavy (non-hydrogen) atoms. The molecule has 7 nitrogen and oxygen atoms in total. The molecule has 0 aliphatic heterocycles. The number of fused-ring (bicyclic) bond motifs is 1. The van der Waals surface area contributed by atoms with E-state index >= 15 is 0 Å². The molecule has 1 amide bonds. The van der Waals surface area contributed by atoms with Gasteiger partial charge in [-0.1, -0.05) is 58.4 Å². The maximum Gasteiger partial charge on any atom is 0.269 e. The number of aromatic nitrogens is 1. The smallest absolute Gasteiger partial charge is 0.269 e. The third kappa shape index (κ3) is 5.18. The Morgan fingerprint density at radius 3 is 2.42 bits per heavy atom. The number of benzene rings is 3. The number of non-ortho nitro benzene ring substituents is 1. The van der Waals surface area contributed by atoms with Crippen molar-refractivity contribution in [3.63, 3.8) is 0 Å². The first-order valence-corrected chi connectivity index (χ1v) is 11.1. The van der Waals surface area contributed by atoms with E-state index in [9.17, 15) is 14.9 Å². The van der Waals surface area contributed by atoms with Gasteiger partial charge in [0.25, 0.3) is 5.69 Å². The van der Waals surface area contributed by atoms with Gasteiger partial charge < -0.3 is 4.57 Å². The first-order chi connectivity index (χ1) is 15.9. The number of nitrogens with one attached hydrogen (secondary N) is 1. The van der Waals surface area contributed by atoms with Gasteiger partial charge in [0.05, 0.1) is 17.6 Å². The molecule has 0 atom stereocenters. The SMILES string of the molecule is Cc1c(/C=N/NC(=O)Cc2ccc(Br)cc2)c2ccccc2n1Cc1ccc([N+](=O)[O-])cc1. The lowest BCUT2D eigenvalue weighted by Gasteiger charge is -2.08. The van der Waals surface area contributed by atoms with Crippen molar-refractivity contribution in [2.24, 2.45) is 5.10 Å². The van der Waals surface area contributed by atoms with E-state index in [0.717, 1.165) is 37.8 Å². The number of carbonyl (C=O) groups is 1. The summed E-state index contributed by atoms with van der Waals surface area (Å²) >= 11 is 3.38. The minimum Gasteiger partial charge on any atom is -0.340 e. The molecular formula is C25H21BrN4O3. The first kappa shape index (κ1) is 22.4. The van der Waals surface area contributed by atoms with Crippen molar-refractivity contribution < 1.29 is 9.72 Å². The molecule has 0 saturated heterocycles. The summed E-state index contributed by atoms with van der Waals surface area (Å²) in [6, 6.07) is 22.1. The summed E-state index contributed by atoms with van der Waals surface area (Å²) in [5, 5.41) is 16.1. The highest BCUT2D eigenvalue weighted by Gasteiger charge is 2.13. The summed E-state index contributed by atoms with van der Waals surface area (Å²) in [7, 11) is 0. The van der Waals surface area contributed by atoms with Crippen molar-refractivity contribution in [1.29, 1.82) is 0 Å². The van der Waals surface area contributed by atoms with Crippen LogP contribution in [0.15, 0.2) is 82.4 Å². The number of nitrogens with zero attached hydrogens (tertiary/aromatic N) is 3. The summed E-state index contributed by atoms with van der Waals surface area (Å²) in [4.78, 5) is 22.8. The number of carbonyl (C=O) groups excluding carboxylic acids is 1. The summed E-state index contributed by atoms with van der Waals surface area (Å²) in [5.41, 5.74) is 7.46. The number of hydrogen-bond acceptors (Lipinski definition) is 4. The molecule has 0 bridgehead atoms. The number of halogens is 1. The van der Waals surface area contributed by atoms with Crippen LogP contribution in [-0.4, -0.2) is 21.6 Å². The minimum absolute atomic E-state index is 0.0690. The molecule has 166 valence electrons. The van der Waals surface area contributed by atoms with Crippen LogP contribution >= 0.6 is 15.9 Å². The van der Waals surface area contributed by atoms with Gasteiger partial charge in [-0.2, -0.15) is 5.10 Å². The molecule has 0 aliphatic carbocycles. The highest BCUT2D eigenvalue weighted by atomic mass is 79.9. The standard InChI is InChI=1S/C25H21BrN4O3/c1-17-23(15-27-28-25(31)14-18-6-10-20(26)11-7-18)22-4-2-3-5-24(22)29(17)16-19-8-12-21(13-9-19)30(32)33/h2-13,15H,14,16H2,1H3,(H,28,31)/b27-15+. The van der Waals surface area contributed by atoms with Crippen LogP contribution in [-0.2, 0) is 17.8 Å². The van der Waals surface area contributed by atoms with Crippen molar-refractivity contribution in [3.05, 3.63) is 110 Å². The van der Waals surface area contributed by atoms with Crippen LogP contribution in [0.5, 0.6) is 0 Å². The summed E-state index contributed by atoms with van der Waals surface area (Å²) in [6.45, 7) is 2.56. The Hall–Kier alpha value is -3.78. The summed E-state index contributed by atoms with van der Waals surface area (Å²) in [6.07, 6.45) is 1.91. The highest BCUT2D eigenvalue weighted by molar-refractivity contribution is 9.10. The third-order valence-corrected chi connectivity index (χ3v) is 5.96. The van der Waals surface area contributed by atoms with Crippen molar-refractivity contribution in [3.8, 4) is 0 Å². The lowest BCUT2D eigenvalue weighted by Crippen LogP contribution is -2.19. The summed E-state index contributed by atoms with van der Waals surface area (Å²) in [5.74, 6) is -0.194. The van der Waals surface area contributed by atoms with Crippen LogP contribution in [0.3, 0.4) is 0 Å². The Balaban J connectivity index is 1.54. The minimum atomic E-state index is -0.403. The van der Waals surface area contributed by atoms with Gasteiger partial charge >= 0.3 is 0 Å². The molecule has 1 heterocycles. The van der Waals surface area contributed by atoms with Gasteiger partial charge in [0.1, 0.15) is 0 Å². The Kier molecular flexibility index (Phi) is 6.65. The third-order valence-electron chi connectivity index (χ3n) is 5.43. The molecule has 8 heteroatoms. The first-order valence-electron chi connectivity index (χ1n) is 10.3. The second kappa shape index (κ2) is 9.79. The Morgan fingerprint density at radius 1 is 1.06 bits per heavy atom. The fraction of sp³-hybridized carbons (Fsp3) is 0.120. The van der Waals surface area contributed by atoms with Crippen LogP contribution in [0.4, 0.5) is 5.69 Å².